The predicted molar refractivity (Wildman–Crippen MR) is 59.8 cm³/mol. The number of benzene rings is 1. The van der Waals surface area contributed by atoms with Gasteiger partial charge in [-0.2, -0.15) is 0 Å². The summed E-state index contributed by atoms with van der Waals surface area (Å²) >= 11 is 3.53. The molecule has 0 radical (unpaired) electrons. The Labute approximate surface area is 91.8 Å². The molecule has 0 bridgehead atoms. The molecule has 1 N–H and O–H groups in total. The fraction of sp³-hybridized carbons (Fsp3) is 0.455. The standard InChI is InChI=1S/C11H12BrNO/c12-8-2-1-3-9-10(8)13-6-11(4-5-11)7-14-9/h1-3,13H,4-7H2. The molecule has 2 nitrogen and oxygen atoms in total. The number of fused-ring (bicyclic) bond motifs is 1. The van der Waals surface area contributed by atoms with Crippen molar-refractivity contribution in [2.45, 2.75) is 12.8 Å². The molecule has 3 rings (SSSR count). The molecule has 1 aromatic rings. The number of rotatable bonds is 0. The average Bonchev–Trinajstić information content (AvgIpc) is 2.96. The van der Waals surface area contributed by atoms with E-state index in [-0.39, 0.29) is 0 Å². The highest BCUT2D eigenvalue weighted by Crippen LogP contribution is 2.49. The van der Waals surface area contributed by atoms with Crippen molar-refractivity contribution in [1.29, 1.82) is 0 Å². The zero-order valence-electron chi connectivity index (χ0n) is 7.85. The first-order valence-electron chi connectivity index (χ1n) is 4.94. The molecule has 0 unspecified atom stereocenters. The van der Waals surface area contributed by atoms with Gasteiger partial charge in [-0.15, -0.1) is 0 Å². The summed E-state index contributed by atoms with van der Waals surface area (Å²) in [4.78, 5) is 0. The van der Waals surface area contributed by atoms with Crippen LogP contribution in [0.3, 0.4) is 0 Å². The first-order valence-corrected chi connectivity index (χ1v) is 5.74. The van der Waals surface area contributed by atoms with Crippen molar-refractivity contribution in [3.63, 3.8) is 0 Å². The van der Waals surface area contributed by atoms with Crippen molar-refractivity contribution in [3.05, 3.63) is 22.7 Å². The predicted octanol–water partition coefficient (Wildman–Crippen LogP) is 3.03. The summed E-state index contributed by atoms with van der Waals surface area (Å²) in [5.41, 5.74) is 1.54. The van der Waals surface area contributed by atoms with E-state index >= 15 is 0 Å². The number of anilines is 1. The normalized spacial score (nSPS) is 21.8. The topological polar surface area (TPSA) is 21.3 Å². The summed E-state index contributed by atoms with van der Waals surface area (Å²) in [6, 6.07) is 6.07. The highest BCUT2D eigenvalue weighted by molar-refractivity contribution is 9.10. The largest absolute Gasteiger partial charge is 0.491 e. The van der Waals surface area contributed by atoms with Crippen LogP contribution in [0.2, 0.25) is 0 Å². The lowest BCUT2D eigenvalue weighted by Gasteiger charge is -2.09. The lowest BCUT2D eigenvalue weighted by Crippen LogP contribution is -2.18. The molecule has 1 heterocycles. The second kappa shape index (κ2) is 2.89. The highest BCUT2D eigenvalue weighted by atomic mass is 79.9. The van der Waals surface area contributed by atoms with Gasteiger partial charge >= 0.3 is 0 Å². The van der Waals surface area contributed by atoms with Crippen LogP contribution in [0.4, 0.5) is 5.69 Å². The molecule has 0 amide bonds. The van der Waals surface area contributed by atoms with E-state index in [2.05, 4.69) is 21.2 Å². The van der Waals surface area contributed by atoms with E-state index in [1.807, 2.05) is 18.2 Å². The minimum Gasteiger partial charge on any atom is -0.491 e. The zero-order valence-corrected chi connectivity index (χ0v) is 9.43. The van der Waals surface area contributed by atoms with Crippen LogP contribution in [0.1, 0.15) is 12.8 Å². The van der Waals surface area contributed by atoms with Crippen LogP contribution in [0.5, 0.6) is 5.75 Å². The van der Waals surface area contributed by atoms with Crippen molar-refractivity contribution in [1.82, 2.24) is 0 Å². The van der Waals surface area contributed by atoms with Gasteiger partial charge in [0.1, 0.15) is 5.75 Å². The Bertz CT molecular complexity index is 374. The second-order valence-electron chi connectivity index (χ2n) is 4.26. The molecule has 74 valence electrons. The van der Waals surface area contributed by atoms with E-state index < -0.39 is 0 Å². The van der Waals surface area contributed by atoms with Crippen LogP contribution in [-0.2, 0) is 0 Å². The summed E-state index contributed by atoms with van der Waals surface area (Å²) < 4.78 is 6.90. The van der Waals surface area contributed by atoms with E-state index in [4.69, 9.17) is 4.74 Å². The van der Waals surface area contributed by atoms with E-state index in [9.17, 15) is 0 Å². The third kappa shape index (κ3) is 1.31. The Morgan fingerprint density at radius 1 is 1.36 bits per heavy atom. The van der Waals surface area contributed by atoms with Crippen molar-refractivity contribution < 1.29 is 4.74 Å². The maximum Gasteiger partial charge on any atom is 0.143 e. The molecule has 0 saturated heterocycles. The maximum atomic E-state index is 5.81. The lowest BCUT2D eigenvalue weighted by molar-refractivity contribution is 0.251. The number of nitrogens with one attached hydrogen (secondary N) is 1. The van der Waals surface area contributed by atoms with Crippen LogP contribution < -0.4 is 10.1 Å². The smallest absolute Gasteiger partial charge is 0.143 e. The van der Waals surface area contributed by atoms with Crippen molar-refractivity contribution in [2.24, 2.45) is 5.41 Å². The third-order valence-corrected chi connectivity index (χ3v) is 3.77. The summed E-state index contributed by atoms with van der Waals surface area (Å²) in [7, 11) is 0. The average molecular weight is 254 g/mol. The van der Waals surface area contributed by atoms with E-state index in [0.717, 1.165) is 29.1 Å². The van der Waals surface area contributed by atoms with Crippen LogP contribution in [0, 0.1) is 5.41 Å². The fourth-order valence-electron chi connectivity index (χ4n) is 1.85. The van der Waals surface area contributed by atoms with Crippen LogP contribution in [0.25, 0.3) is 0 Å². The lowest BCUT2D eigenvalue weighted by atomic mass is 10.1. The summed E-state index contributed by atoms with van der Waals surface area (Å²) in [5.74, 6) is 0.975. The van der Waals surface area contributed by atoms with Gasteiger partial charge in [-0.3, -0.25) is 0 Å². The van der Waals surface area contributed by atoms with E-state index in [1.165, 1.54) is 12.8 Å². The van der Waals surface area contributed by atoms with Gasteiger partial charge in [0, 0.05) is 16.4 Å². The molecule has 2 aliphatic rings. The van der Waals surface area contributed by atoms with E-state index in [1.54, 1.807) is 0 Å². The van der Waals surface area contributed by atoms with Crippen molar-refractivity contribution in [3.8, 4) is 5.75 Å². The number of hydrogen-bond acceptors (Lipinski definition) is 2. The molecule has 14 heavy (non-hydrogen) atoms. The highest BCUT2D eigenvalue weighted by Gasteiger charge is 2.44. The van der Waals surface area contributed by atoms with Crippen molar-refractivity contribution in [2.75, 3.05) is 18.5 Å². The molecule has 1 fully saturated rings. The van der Waals surface area contributed by atoms with Gasteiger partial charge in [-0.1, -0.05) is 6.07 Å². The van der Waals surface area contributed by atoms with Crippen LogP contribution >= 0.6 is 15.9 Å². The Hall–Kier alpha value is -0.700. The van der Waals surface area contributed by atoms with E-state index in [0.29, 0.717) is 5.41 Å². The SMILES string of the molecule is Brc1cccc2c1NCC1(CC1)CO2. The molecular weight excluding hydrogens is 242 g/mol. The Balaban J connectivity index is 1.96. The fourth-order valence-corrected chi connectivity index (χ4v) is 2.34. The number of para-hydroxylation sites is 1. The molecule has 1 spiro atoms. The maximum absolute atomic E-state index is 5.81. The molecular formula is C11H12BrNO. The molecule has 0 aromatic heterocycles. The monoisotopic (exact) mass is 253 g/mol. The zero-order chi connectivity index (χ0) is 9.60. The number of ether oxygens (including phenoxy) is 1. The van der Waals surface area contributed by atoms with Gasteiger partial charge in [-0.05, 0) is 40.9 Å². The first kappa shape index (κ1) is 8.60. The van der Waals surface area contributed by atoms with Crippen LogP contribution in [0.15, 0.2) is 22.7 Å². The molecule has 1 aliphatic heterocycles. The molecule has 3 heteroatoms. The van der Waals surface area contributed by atoms with Gasteiger partial charge in [-0.25, -0.2) is 0 Å². The number of hydrogen-bond donors (Lipinski definition) is 1. The van der Waals surface area contributed by atoms with Gasteiger partial charge in [0.25, 0.3) is 0 Å². The van der Waals surface area contributed by atoms with Gasteiger partial charge < -0.3 is 10.1 Å². The summed E-state index contributed by atoms with van der Waals surface area (Å²) in [6.45, 7) is 1.91. The third-order valence-electron chi connectivity index (χ3n) is 3.11. The Morgan fingerprint density at radius 3 is 3.00 bits per heavy atom. The Kier molecular flexibility index (Phi) is 1.78. The van der Waals surface area contributed by atoms with Crippen molar-refractivity contribution >= 4 is 21.6 Å². The second-order valence-corrected chi connectivity index (χ2v) is 5.11. The Morgan fingerprint density at radius 2 is 2.21 bits per heavy atom. The van der Waals surface area contributed by atoms with Crippen LogP contribution in [-0.4, -0.2) is 13.2 Å². The minimum absolute atomic E-state index is 0.429. The van der Waals surface area contributed by atoms with Gasteiger partial charge in [0.05, 0.1) is 12.3 Å². The van der Waals surface area contributed by atoms with Gasteiger partial charge in [0.2, 0.25) is 0 Å². The molecule has 1 aromatic carbocycles. The molecule has 0 atom stereocenters. The van der Waals surface area contributed by atoms with Gasteiger partial charge in [0.15, 0.2) is 0 Å². The summed E-state index contributed by atoms with van der Waals surface area (Å²) in [5, 5.41) is 3.47. The first-order chi connectivity index (χ1) is 6.79. The quantitative estimate of drug-likeness (QED) is 0.768. The molecule has 1 saturated carbocycles. The molecule has 1 aliphatic carbocycles. The number of halogens is 1. The summed E-state index contributed by atoms with van der Waals surface area (Å²) in [6.07, 6.45) is 2.59. The minimum atomic E-state index is 0.429.